The number of nitrogens with one attached hydrogen (secondary N) is 1. The van der Waals surface area contributed by atoms with E-state index < -0.39 is 0 Å². The summed E-state index contributed by atoms with van der Waals surface area (Å²) in [6.45, 7) is 15.1. The number of methoxy groups -OCH3 is 1. The zero-order valence-electron chi connectivity index (χ0n) is 12.8. The van der Waals surface area contributed by atoms with Gasteiger partial charge in [0.05, 0.1) is 12.2 Å². The molecule has 0 spiro atoms. The van der Waals surface area contributed by atoms with Gasteiger partial charge in [0.1, 0.15) is 6.23 Å². The molecule has 0 heterocycles. The SMILES string of the molecule is COC(C)CC(C)OC(C)NC(C)C(C)(C)C. The topological polar surface area (TPSA) is 30.5 Å². The fourth-order valence-electron chi connectivity index (χ4n) is 1.61. The molecule has 0 saturated heterocycles. The van der Waals surface area contributed by atoms with Gasteiger partial charge in [0.2, 0.25) is 0 Å². The first-order valence-corrected chi connectivity index (χ1v) is 6.61. The van der Waals surface area contributed by atoms with Crippen LogP contribution in [0, 0.1) is 5.41 Å². The number of ether oxygens (including phenoxy) is 2. The molecule has 4 atom stereocenters. The van der Waals surface area contributed by atoms with Crippen molar-refractivity contribution in [1.82, 2.24) is 5.32 Å². The van der Waals surface area contributed by atoms with Gasteiger partial charge in [-0.05, 0) is 39.5 Å². The molecule has 0 amide bonds. The standard InChI is InChI=1S/C14H31NO2/c1-10(16-8)9-11(2)17-13(4)15-12(3)14(5,6)7/h10-13,15H,9H2,1-8H3. The highest BCUT2D eigenvalue weighted by atomic mass is 16.5. The molecule has 17 heavy (non-hydrogen) atoms. The Morgan fingerprint density at radius 3 is 1.94 bits per heavy atom. The van der Waals surface area contributed by atoms with E-state index in [-0.39, 0.29) is 23.9 Å². The first-order valence-electron chi connectivity index (χ1n) is 6.61. The van der Waals surface area contributed by atoms with Crippen molar-refractivity contribution in [3.8, 4) is 0 Å². The van der Waals surface area contributed by atoms with Crippen LogP contribution >= 0.6 is 0 Å². The normalized spacial score (nSPS) is 19.8. The molecule has 0 aromatic heterocycles. The highest BCUT2D eigenvalue weighted by molar-refractivity contribution is 4.76. The van der Waals surface area contributed by atoms with Gasteiger partial charge in [0.15, 0.2) is 0 Å². The maximum Gasteiger partial charge on any atom is 0.105 e. The minimum atomic E-state index is 0.0725. The van der Waals surface area contributed by atoms with Crippen molar-refractivity contribution in [2.24, 2.45) is 5.41 Å². The van der Waals surface area contributed by atoms with Crippen molar-refractivity contribution >= 4 is 0 Å². The van der Waals surface area contributed by atoms with Gasteiger partial charge in [0, 0.05) is 13.2 Å². The lowest BCUT2D eigenvalue weighted by atomic mass is 9.88. The van der Waals surface area contributed by atoms with Crippen LogP contribution in [0.2, 0.25) is 0 Å². The molecule has 3 heteroatoms. The maximum absolute atomic E-state index is 5.90. The summed E-state index contributed by atoms with van der Waals surface area (Å²) in [6, 6.07) is 0.421. The Bertz CT molecular complexity index is 201. The molecule has 0 aliphatic carbocycles. The summed E-state index contributed by atoms with van der Waals surface area (Å²) in [5, 5.41) is 3.48. The molecule has 0 bridgehead atoms. The lowest BCUT2D eigenvalue weighted by molar-refractivity contribution is -0.0453. The molecular weight excluding hydrogens is 214 g/mol. The molecule has 0 aliphatic heterocycles. The highest BCUT2D eigenvalue weighted by Gasteiger charge is 2.22. The van der Waals surface area contributed by atoms with Gasteiger partial charge in [-0.15, -0.1) is 0 Å². The van der Waals surface area contributed by atoms with Crippen molar-refractivity contribution in [2.75, 3.05) is 7.11 Å². The van der Waals surface area contributed by atoms with E-state index in [9.17, 15) is 0 Å². The monoisotopic (exact) mass is 245 g/mol. The van der Waals surface area contributed by atoms with E-state index >= 15 is 0 Å². The summed E-state index contributed by atoms with van der Waals surface area (Å²) in [7, 11) is 1.74. The number of hydrogen-bond acceptors (Lipinski definition) is 3. The van der Waals surface area contributed by atoms with Crippen molar-refractivity contribution in [3.05, 3.63) is 0 Å². The summed E-state index contributed by atoms with van der Waals surface area (Å²) in [4.78, 5) is 0. The molecule has 0 rings (SSSR count). The van der Waals surface area contributed by atoms with Crippen molar-refractivity contribution < 1.29 is 9.47 Å². The van der Waals surface area contributed by atoms with Crippen LogP contribution in [-0.2, 0) is 9.47 Å². The molecule has 4 unspecified atom stereocenters. The lowest BCUT2D eigenvalue weighted by Crippen LogP contribution is -2.44. The van der Waals surface area contributed by atoms with Crippen LogP contribution in [0.15, 0.2) is 0 Å². The zero-order chi connectivity index (χ0) is 13.6. The van der Waals surface area contributed by atoms with Gasteiger partial charge in [-0.25, -0.2) is 0 Å². The summed E-state index contributed by atoms with van der Waals surface area (Å²) in [5.41, 5.74) is 0.251. The third-order valence-electron chi connectivity index (χ3n) is 3.29. The van der Waals surface area contributed by atoms with Crippen molar-refractivity contribution in [1.29, 1.82) is 0 Å². The van der Waals surface area contributed by atoms with Gasteiger partial charge in [-0.1, -0.05) is 20.8 Å². The molecule has 0 aromatic rings. The summed E-state index contributed by atoms with van der Waals surface area (Å²) in [5.74, 6) is 0. The van der Waals surface area contributed by atoms with E-state index in [1.807, 2.05) is 0 Å². The summed E-state index contributed by atoms with van der Waals surface area (Å²) in [6.07, 6.45) is 1.45. The van der Waals surface area contributed by atoms with Crippen LogP contribution in [0.25, 0.3) is 0 Å². The van der Waals surface area contributed by atoms with Crippen LogP contribution in [0.5, 0.6) is 0 Å². The van der Waals surface area contributed by atoms with Gasteiger partial charge >= 0.3 is 0 Å². The Morgan fingerprint density at radius 1 is 1.00 bits per heavy atom. The minimum absolute atomic E-state index is 0.0725. The molecule has 0 aliphatic rings. The summed E-state index contributed by atoms with van der Waals surface area (Å²) >= 11 is 0. The molecular formula is C14H31NO2. The first-order chi connectivity index (χ1) is 7.66. The predicted molar refractivity (Wildman–Crippen MR) is 73.1 cm³/mol. The Hall–Kier alpha value is -0.120. The minimum Gasteiger partial charge on any atom is -0.382 e. The molecule has 0 aromatic carbocycles. The lowest BCUT2D eigenvalue weighted by Gasteiger charge is -2.32. The largest absolute Gasteiger partial charge is 0.382 e. The third kappa shape index (κ3) is 7.74. The van der Waals surface area contributed by atoms with Crippen LogP contribution < -0.4 is 5.32 Å². The van der Waals surface area contributed by atoms with Gasteiger partial charge in [-0.2, -0.15) is 0 Å². The summed E-state index contributed by atoms with van der Waals surface area (Å²) < 4.78 is 11.1. The Balaban J connectivity index is 3.97. The molecule has 3 nitrogen and oxygen atoms in total. The average molecular weight is 245 g/mol. The Morgan fingerprint density at radius 2 is 1.53 bits per heavy atom. The smallest absolute Gasteiger partial charge is 0.105 e. The zero-order valence-corrected chi connectivity index (χ0v) is 12.8. The molecule has 0 fully saturated rings. The van der Waals surface area contributed by atoms with Crippen molar-refractivity contribution in [2.45, 2.75) is 79.4 Å². The quantitative estimate of drug-likeness (QED) is 0.699. The van der Waals surface area contributed by atoms with Crippen LogP contribution in [0.3, 0.4) is 0 Å². The van der Waals surface area contributed by atoms with E-state index in [0.29, 0.717) is 6.04 Å². The van der Waals surface area contributed by atoms with Crippen molar-refractivity contribution in [3.63, 3.8) is 0 Å². The molecule has 0 saturated carbocycles. The fraction of sp³-hybridized carbons (Fsp3) is 1.00. The predicted octanol–water partition coefficient (Wildman–Crippen LogP) is 3.19. The average Bonchev–Trinajstić information content (AvgIpc) is 2.15. The molecule has 104 valence electrons. The van der Waals surface area contributed by atoms with E-state index in [0.717, 1.165) is 6.42 Å². The van der Waals surface area contributed by atoms with Gasteiger partial charge < -0.3 is 9.47 Å². The second kappa shape index (κ2) is 7.34. The van der Waals surface area contributed by atoms with E-state index in [1.54, 1.807) is 7.11 Å². The molecule has 0 radical (unpaired) electrons. The third-order valence-corrected chi connectivity index (χ3v) is 3.29. The molecule has 1 N–H and O–H groups in total. The maximum atomic E-state index is 5.90. The number of hydrogen-bond donors (Lipinski definition) is 1. The van der Waals surface area contributed by atoms with E-state index in [4.69, 9.17) is 9.47 Å². The van der Waals surface area contributed by atoms with Gasteiger partial charge in [0.25, 0.3) is 0 Å². The van der Waals surface area contributed by atoms with E-state index in [1.165, 1.54) is 0 Å². The van der Waals surface area contributed by atoms with E-state index in [2.05, 4.69) is 53.8 Å². The van der Waals surface area contributed by atoms with Crippen LogP contribution in [0.4, 0.5) is 0 Å². The first kappa shape index (κ1) is 16.9. The van der Waals surface area contributed by atoms with Crippen LogP contribution in [-0.4, -0.2) is 31.6 Å². The van der Waals surface area contributed by atoms with Gasteiger partial charge in [-0.3, -0.25) is 5.32 Å². The Labute approximate surface area is 107 Å². The second-order valence-corrected chi connectivity index (χ2v) is 6.13. The van der Waals surface area contributed by atoms with Crippen LogP contribution in [0.1, 0.15) is 54.9 Å². The highest BCUT2D eigenvalue weighted by Crippen LogP contribution is 2.19. The number of rotatable bonds is 7. The second-order valence-electron chi connectivity index (χ2n) is 6.13. The fourth-order valence-corrected chi connectivity index (χ4v) is 1.61. The Kier molecular flexibility index (Phi) is 7.29.